The molecule has 0 amide bonds. The smallest absolute Gasteiger partial charge is 0.185 e. The van der Waals surface area contributed by atoms with Crippen LogP contribution in [0.3, 0.4) is 0 Å². The van der Waals surface area contributed by atoms with Crippen LogP contribution in [-0.4, -0.2) is 55.2 Å². The number of hydrogen-bond donors (Lipinski definition) is 1. The van der Waals surface area contributed by atoms with E-state index in [2.05, 4.69) is 46.3 Å². The minimum absolute atomic E-state index is 0.651. The number of aromatic nitrogens is 1. The highest BCUT2D eigenvalue weighted by Crippen LogP contribution is 2.20. The molecule has 1 N–H and O–H groups in total. The monoisotopic (exact) mass is 296 g/mol. The number of piperazine rings is 1. The number of thiazole rings is 1. The third kappa shape index (κ3) is 4.17. The fourth-order valence-electron chi connectivity index (χ4n) is 2.73. The van der Waals surface area contributed by atoms with E-state index in [0.717, 1.165) is 39.3 Å². The molecular formula is C15H28N4S. The van der Waals surface area contributed by atoms with Crippen molar-refractivity contribution in [2.24, 2.45) is 5.92 Å². The van der Waals surface area contributed by atoms with Crippen LogP contribution in [0.15, 0.2) is 11.6 Å². The summed E-state index contributed by atoms with van der Waals surface area (Å²) in [6, 6.07) is 0.651. The lowest BCUT2D eigenvalue weighted by Crippen LogP contribution is -2.52. The second kappa shape index (κ2) is 7.96. The fourth-order valence-corrected chi connectivity index (χ4v) is 3.43. The first-order valence-corrected chi connectivity index (χ1v) is 8.69. The van der Waals surface area contributed by atoms with Crippen LogP contribution in [-0.2, 0) is 0 Å². The van der Waals surface area contributed by atoms with E-state index in [-0.39, 0.29) is 0 Å². The largest absolute Gasteiger partial charge is 0.346 e. The van der Waals surface area contributed by atoms with Crippen LogP contribution in [0.25, 0.3) is 0 Å². The molecule has 2 unspecified atom stereocenters. The molecule has 2 atom stereocenters. The Morgan fingerprint density at radius 1 is 1.30 bits per heavy atom. The van der Waals surface area contributed by atoms with E-state index in [9.17, 15) is 0 Å². The molecule has 1 aliphatic rings. The molecule has 0 spiro atoms. The Balaban J connectivity index is 1.75. The van der Waals surface area contributed by atoms with Gasteiger partial charge in [0.25, 0.3) is 0 Å². The summed E-state index contributed by atoms with van der Waals surface area (Å²) in [4.78, 5) is 9.45. The van der Waals surface area contributed by atoms with Gasteiger partial charge in [0.15, 0.2) is 5.13 Å². The topological polar surface area (TPSA) is 31.4 Å². The molecule has 0 saturated carbocycles. The molecule has 2 rings (SSSR count). The van der Waals surface area contributed by atoms with Gasteiger partial charge in [0.05, 0.1) is 0 Å². The van der Waals surface area contributed by atoms with E-state index in [1.165, 1.54) is 11.6 Å². The zero-order valence-corrected chi connectivity index (χ0v) is 13.8. The third-order valence-electron chi connectivity index (χ3n) is 4.30. The van der Waals surface area contributed by atoms with Crippen molar-refractivity contribution in [3.05, 3.63) is 11.6 Å². The minimum atomic E-state index is 0.651. The molecule has 0 bridgehead atoms. The predicted molar refractivity (Wildman–Crippen MR) is 87.7 cm³/mol. The van der Waals surface area contributed by atoms with E-state index in [4.69, 9.17) is 0 Å². The highest BCUT2D eigenvalue weighted by atomic mass is 32.1. The summed E-state index contributed by atoms with van der Waals surface area (Å²) in [5.74, 6) is 0.702. The average molecular weight is 296 g/mol. The molecule has 0 aromatic carbocycles. The van der Waals surface area contributed by atoms with Gasteiger partial charge in [0.1, 0.15) is 0 Å². The number of nitrogens with zero attached hydrogens (tertiary/aromatic N) is 3. The molecule has 4 nitrogen and oxygen atoms in total. The Morgan fingerprint density at radius 3 is 2.65 bits per heavy atom. The number of rotatable bonds is 7. The summed E-state index contributed by atoms with van der Waals surface area (Å²) in [5.41, 5.74) is 0. The van der Waals surface area contributed by atoms with Crippen molar-refractivity contribution in [1.82, 2.24) is 15.2 Å². The van der Waals surface area contributed by atoms with Gasteiger partial charge in [-0.3, -0.25) is 4.90 Å². The summed E-state index contributed by atoms with van der Waals surface area (Å²) in [6.07, 6.45) is 3.12. The Kier molecular flexibility index (Phi) is 6.26. The Bertz CT molecular complexity index is 360. The lowest BCUT2D eigenvalue weighted by Gasteiger charge is -2.40. The maximum Gasteiger partial charge on any atom is 0.185 e. The molecule has 1 saturated heterocycles. The third-order valence-corrected chi connectivity index (χ3v) is 5.13. The molecule has 1 fully saturated rings. The Hall–Kier alpha value is -0.650. The summed E-state index contributed by atoms with van der Waals surface area (Å²) >= 11 is 1.75. The van der Waals surface area contributed by atoms with E-state index in [1.54, 1.807) is 11.3 Å². The molecule has 1 aromatic rings. The van der Waals surface area contributed by atoms with Crippen LogP contribution < -0.4 is 10.2 Å². The van der Waals surface area contributed by atoms with Crippen LogP contribution in [0.1, 0.15) is 27.2 Å². The number of anilines is 1. The highest BCUT2D eigenvalue weighted by Gasteiger charge is 2.25. The van der Waals surface area contributed by atoms with Crippen molar-refractivity contribution in [3.63, 3.8) is 0 Å². The fraction of sp³-hybridized carbons (Fsp3) is 0.800. The first kappa shape index (κ1) is 15.7. The predicted octanol–water partition coefficient (Wildman–Crippen LogP) is 2.29. The SMILES string of the molecule is CCCNCC(C)C(C)N1CCN(c2nccs2)CC1. The zero-order chi connectivity index (χ0) is 14.4. The molecule has 1 aromatic heterocycles. The van der Waals surface area contributed by atoms with Crippen LogP contribution >= 0.6 is 11.3 Å². The Morgan fingerprint density at radius 2 is 2.05 bits per heavy atom. The summed E-state index contributed by atoms with van der Waals surface area (Å²) in [6.45, 7) is 13.7. The Labute approximate surface area is 127 Å². The van der Waals surface area contributed by atoms with Crippen molar-refractivity contribution in [3.8, 4) is 0 Å². The van der Waals surface area contributed by atoms with Gasteiger partial charge in [0, 0.05) is 43.8 Å². The molecule has 0 radical (unpaired) electrons. The van der Waals surface area contributed by atoms with Gasteiger partial charge >= 0.3 is 0 Å². The first-order chi connectivity index (χ1) is 9.72. The van der Waals surface area contributed by atoms with Gasteiger partial charge in [-0.25, -0.2) is 4.98 Å². The summed E-state index contributed by atoms with van der Waals surface area (Å²) < 4.78 is 0. The van der Waals surface area contributed by atoms with Crippen molar-refractivity contribution >= 4 is 16.5 Å². The van der Waals surface area contributed by atoms with Crippen LogP contribution in [0.4, 0.5) is 5.13 Å². The van der Waals surface area contributed by atoms with Crippen molar-refractivity contribution < 1.29 is 0 Å². The second-order valence-electron chi connectivity index (χ2n) is 5.76. The molecular weight excluding hydrogens is 268 g/mol. The first-order valence-electron chi connectivity index (χ1n) is 7.81. The summed E-state index contributed by atoms with van der Waals surface area (Å²) in [7, 11) is 0. The molecule has 0 aliphatic carbocycles. The molecule has 20 heavy (non-hydrogen) atoms. The molecule has 1 aliphatic heterocycles. The lowest BCUT2D eigenvalue weighted by molar-refractivity contribution is 0.151. The minimum Gasteiger partial charge on any atom is -0.346 e. The molecule has 114 valence electrons. The number of hydrogen-bond acceptors (Lipinski definition) is 5. The van der Waals surface area contributed by atoms with Crippen LogP contribution in [0.5, 0.6) is 0 Å². The van der Waals surface area contributed by atoms with E-state index < -0.39 is 0 Å². The molecule has 5 heteroatoms. The normalized spacial score (nSPS) is 20.1. The van der Waals surface area contributed by atoms with Crippen molar-refractivity contribution in [1.29, 1.82) is 0 Å². The maximum atomic E-state index is 4.41. The maximum absolute atomic E-state index is 4.41. The van der Waals surface area contributed by atoms with Gasteiger partial charge in [-0.1, -0.05) is 13.8 Å². The van der Waals surface area contributed by atoms with E-state index in [1.807, 2.05) is 6.20 Å². The second-order valence-corrected chi connectivity index (χ2v) is 6.63. The van der Waals surface area contributed by atoms with E-state index >= 15 is 0 Å². The quantitative estimate of drug-likeness (QED) is 0.782. The van der Waals surface area contributed by atoms with Crippen molar-refractivity contribution in [2.45, 2.75) is 33.2 Å². The van der Waals surface area contributed by atoms with Gasteiger partial charge in [-0.15, -0.1) is 11.3 Å². The van der Waals surface area contributed by atoms with Crippen LogP contribution in [0.2, 0.25) is 0 Å². The highest BCUT2D eigenvalue weighted by molar-refractivity contribution is 7.13. The van der Waals surface area contributed by atoms with Gasteiger partial charge < -0.3 is 10.2 Å². The van der Waals surface area contributed by atoms with Gasteiger partial charge in [-0.05, 0) is 32.4 Å². The van der Waals surface area contributed by atoms with Crippen LogP contribution in [0, 0.1) is 5.92 Å². The average Bonchev–Trinajstić information content (AvgIpc) is 3.01. The number of nitrogens with one attached hydrogen (secondary N) is 1. The summed E-state index contributed by atoms with van der Waals surface area (Å²) in [5, 5.41) is 6.78. The molecule has 2 heterocycles. The lowest BCUT2D eigenvalue weighted by atomic mass is 10.0. The van der Waals surface area contributed by atoms with Gasteiger partial charge in [-0.2, -0.15) is 0 Å². The van der Waals surface area contributed by atoms with Gasteiger partial charge in [0.2, 0.25) is 0 Å². The van der Waals surface area contributed by atoms with E-state index in [0.29, 0.717) is 12.0 Å². The zero-order valence-electron chi connectivity index (χ0n) is 13.0. The standard InChI is InChI=1S/C15H28N4S/c1-4-5-16-12-13(2)14(3)18-7-9-19(10-8-18)15-17-6-11-20-15/h6,11,13-14,16H,4-5,7-10,12H2,1-3H3. The van der Waals surface area contributed by atoms with Crippen molar-refractivity contribution in [2.75, 3.05) is 44.2 Å².